The second-order valence-corrected chi connectivity index (χ2v) is 5.05. The molecule has 0 spiro atoms. The van der Waals surface area contributed by atoms with Gasteiger partial charge >= 0.3 is 0 Å². The lowest BCUT2D eigenvalue weighted by atomic mass is 10.2. The molecule has 1 heterocycles. The number of nitrogens with zero attached hydrogens (tertiary/aromatic N) is 2. The molecule has 0 saturated heterocycles. The number of nitrogen functional groups attached to an aromatic ring is 1. The first-order valence-electron chi connectivity index (χ1n) is 5.96. The van der Waals surface area contributed by atoms with Crippen molar-refractivity contribution in [3.63, 3.8) is 0 Å². The summed E-state index contributed by atoms with van der Waals surface area (Å²) in [5.74, 6) is 0.735. The second-order valence-electron chi connectivity index (χ2n) is 4.20. The Morgan fingerprint density at radius 1 is 1.22 bits per heavy atom. The first-order chi connectivity index (χ1) is 8.72. The van der Waals surface area contributed by atoms with Crippen molar-refractivity contribution in [2.24, 2.45) is 5.73 Å². The number of aryl methyl sites for hydroxylation is 1. The Bertz CT molecular complexity index is 521. The molecule has 1 aromatic carbocycles. The fourth-order valence-electron chi connectivity index (χ4n) is 1.83. The van der Waals surface area contributed by atoms with E-state index in [0.29, 0.717) is 13.1 Å². The van der Waals surface area contributed by atoms with Crippen LogP contribution in [-0.2, 0) is 13.0 Å². The van der Waals surface area contributed by atoms with E-state index in [2.05, 4.69) is 27.1 Å². The number of nitrogens with two attached hydrogens (primary N) is 2. The van der Waals surface area contributed by atoms with Gasteiger partial charge in [0.15, 0.2) is 0 Å². The highest BCUT2D eigenvalue weighted by Gasteiger charge is 2.08. The zero-order chi connectivity index (χ0) is 13.0. The van der Waals surface area contributed by atoms with Crippen LogP contribution in [0.25, 0.3) is 0 Å². The zero-order valence-corrected chi connectivity index (χ0v) is 11.7. The Labute approximate surface area is 115 Å². The number of aromatic nitrogens is 2. The van der Waals surface area contributed by atoms with Gasteiger partial charge in [-0.15, -0.1) is 0 Å². The van der Waals surface area contributed by atoms with E-state index in [9.17, 15) is 0 Å². The molecule has 0 aliphatic heterocycles. The molecule has 0 radical (unpaired) electrons. The Kier molecular flexibility index (Phi) is 4.38. The van der Waals surface area contributed by atoms with Crippen molar-refractivity contribution in [3.05, 3.63) is 46.1 Å². The van der Waals surface area contributed by atoms with Crippen LogP contribution in [0.15, 0.2) is 34.9 Å². The van der Waals surface area contributed by atoms with Gasteiger partial charge in [0.1, 0.15) is 5.82 Å². The third-order valence-corrected chi connectivity index (χ3v) is 3.66. The second kappa shape index (κ2) is 6.02. The molecule has 0 unspecified atom stereocenters. The maximum atomic E-state index is 6.09. The van der Waals surface area contributed by atoms with Crippen LogP contribution < -0.4 is 11.5 Å². The lowest BCUT2D eigenvalue weighted by Gasteiger charge is -2.07. The summed E-state index contributed by atoms with van der Waals surface area (Å²) in [4.78, 5) is 0. The summed E-state index contributed by atoms with van der Waals surface area (Å²) in [6.07, 6.45) is 3.66. The normalized spacial score (nSPS) is 10.8. The SMILES string of the molecule is NCCCc1cnn(Cc2ccccc2Br)c1N. The van der Waals surface area contributed by atoms with Crippen LogP contribution in [0.2, 0.25) is 0 Å². The molecule has 0 fully saturated rings. The van der Waals surface area contributed by atoms with E-state index < -0.39 is 0 Å². The molecule has 1 aromatic heterocycles. The van der Waals surface area contributed by atoms with Crippen LogP contribution in [0.4, 0.5) is 5.82 Å². The Morgan fingerprint density at radius 3 is 2.72 bits per heavy atom. The van der Waals surface area contributed by atoms with Gasteiger partial charge in [0, 0.05) is 10.0 Å². The third kappa shape index (κ3) is 2.91. The van der Waals surface area contributed by atoms with Crippen molar-refractivity contribution in [3.8, 4) is 0 Å². The number of hydrogen-bond acceptors (Lipinski definition) is 3. The van der Waals surface area contributed by atoms with Gasteiger partial charge in [-0.3, -0.25) is 0 Å². The van der Waals surface area contributed by atoms with Crippen molar-refractivity contribution < 1.29 is 0 Å². The van der Waals surface area contributed by atoms with Crippen LogP contribution >= 0.6 is 15.9 Å². The first-order valence-corrected chi connectivity index (χ1v) is 6.75. The van der Waals surface area contributed by atoms with E-state index in [1.807, 2.05) is 29.1 Å². The molecule has 0 amide bonds. The summed E-state index contributed by atoms with van der Waals surface area (Å²) < 4.78 is 2.90. The van der Waals surface area contributed by atoms with Gasteiger partial charge in [0.2, 0.25) is 0 Å². The number of rotatable bonds is 5. The number of halogens is 1. The van der Waals surface area contributed by atoms with Crippen LogP contribution in [0.3, 0.4) is 0 Å². The first kappa shape index (κ1) is 13.1. The monoisotopic (exact) mass is 308 g/mol. The maximum absolute atomic E-state index is 6.09. The number of hydrogen-bond donors (Lipinski definition) is 2. The van der Waals surface area contributed by atoms with E-state index in [1.165, 1.54) is 0 Å². The van der Waals surface area contributed by atoms with Crippen molar-refractivity contribution in [2.45, 2.75) is 19.4 Å². The molecule has 4 nitrogen and oxygen atoms in total. The predicted molar refractivity (Wildman–Crippen MR) is 77.3 cm³/mol. The molecule has 0 aliphatic carbocycles. The van der Waals surface area contributed by atoms with Gasteiger partial charge in [-0.1, -0.05) is 34.1 Å². The van der Waals surface area contributed by atoms with Crippen molar-refractivity contribution in [1.82, 2.24) is 9.78 Å². The molecule has 0 atom stereocenters. The molecule has 2 aromatic rings. The van der Waals surface area contributed by atoms with Crippen LogP contribution in [0.1, 0.15) is 17.5 Å². The van der Waals surface area contributed by atoms with Crippen molar-refractivity contribution in [1.29, 1.82) is 0 Å². The fourth-order valence-corrected chi connectivity index (χ4v) is 2.24. The molecule has 0 bridgehead atoms. The summed E-state index contributed by atoms with van der Waals surface area (Å²) in [6.45, 7) is 1.35. The summed E-state index contributed by atoms with van der Waals surface area (Å²) in [5, 5.41) is 4.34. The smallest absolute Gasteiger partial charge is 0.125 e. The minimum absolute atomic E-state index is 0.675. The Hall–Kier alpha value is -1.33. The average Bonchev–Trinajstić information content (AvgIpc) is 2.71. The predicted octanol–water partition coefficient (Wildman–Crippen LogP) is 2.17. The van der Waals surface area contributed by atoms with Crippen LogP contribution in [0.5, 0.6) is 0 Å². The molecular formula is C13H17BrN4. The summed E-state index contributed by atoms with van der Waals surface area (Å²) >= 11 is 3.53. The molecule has 5 heteroatoms. The van der Waals surface area contributed by atoms with Crippen LogP contribution in [0, 0.1) is 0 Å². The quantitative estimate of drug-likeness (QED) is 0.889. The topological polar surface area (TPSA) is 69.9 Å². The Balaban J connectivity index is 2.15. The number of anilines is 1. The largest absolute Gasteiger partial charge is 0.384 e. The van der Waals surface area contributed by atoms with Crippen molar-refractivity contribution >= 4 is 21.7 Å². The third-order valence-electron chi connectivity index (χ3n) is 2.89. The van der Waals surface area contributed by atoms with Crippen LogP contribution in [-0.4, -0.2) is 16.3 Å². The van der Waals surface area contributed by atoms with Gasteiger partial charge in [-0.2, -0.15) is 5.10 Å². The summed E-state index contributed by atoms with van der Waals surface area (Å²) in [7, 11) is 0. The lowest BCUT2D eigenvalue weighted by molar-refractivity contribution is 0.694. The minimum atomic E-state index is 0.675. The number of benzene rings is 1. The highest BCUT2D eigenvalue weighted by molar-refractivity contribution is 9.10. The van der Waals surface area contributed by atoms with E-state index in [4.69, 9.17) is 11.5 Å². The Morgan fingerprint density at radius 2 is 2.00 bits per heavy atom. The summed E-state index contributed by atoms with van der Waals surface area (Å²) in [6, 6.07) is 8.08. The fraction of sp³-hybridized carbons (Fsp3) is 0.308. The molecule has 2 rings (SSSR count). The average molecular weight is 309 g/mol. The highest BCUT2D eigenvalue weighted by Crippen LogP contribution is 2.20. The molecule has 18 heavy (non-hydrogen) atoms. The van der Waals surface area contributed by atoms with Gasteiger partial charge < -0.3 is 11.5 Å². The lowest BCUT2D eigenvalue weighted by Crippen LogP contribution is -2.08. The minimum Gasteiger partial charge on any atom is -0.384 e. The van der Waals surface area contributed by atoms with Gasteiger partial charge in [0.25, 0.3) is 0 Å². The van der Waals surface area contributed by atoms with Gasteiger partial charge in [-0.05, 0) is 31.0 Å². The van der Waals surface area contributed by atoms with E-state index in [0.717, 1.165) is 34.3 Å². The zero-order valence-electron chi connectivity index (χ0n) is 10.1. The maximum Gasteiger partial charge on any atom is 0.125 e. The molecule has 0 aliphatic rings. The highest BCUT2D eigenvalue weighted by atomic mass is 79.9. The van der Waals surface area contributed by atoms with Crippen molar-refractivity contribution in [2.75, 3.05) is 12.3 Å². The van der Waals surface area contributed by atoms with E-state index >= 15 is 0 Å². The van der Waals surface area contributed by atoms with Gasteiger partial charge in [0.05, 0.1) is 12.7 Å². The molecular weight excluding hydrogens is 292 g/mol. The standard InChI is InChI=1S/C13H17BrN4/c14-12-6-2-1-4-11(12)9-18-13(16)10(8-17-18)5-3-7-15/h1-2,4,6,8H,3,5,7,9,15-16H2. The van der Waals surface area contributed by atoms with E-state index in [1.54, 1.807) is 0 Å². The van der Waals surface area contributed by atoms with E-state index in [-0.39, 0.29) is 0 Å². The molecule has 96 valence electrons. The molecule has 0 saturated carbocycles. The van der Waals surface area contributed by atoms with Gasteiger partial charge in [-0.25, -0.2) is 4.68 Å². The molecule has 4 N–H and O–H groups in total. The summed E-state index contributed by atoms with van der Waals surface area (Å²) in [5.41, 5.74) is 13.8.